The van der Waals surface area contributed by atoms with Crippen molar-refractivity contribution >= 4 is 35.2 Å². The predicted molar refractivity (Wildman–Crippen MR) is 157 cm³/mol. The van der Waals surface area contributed by atoms with Crippen molar-refractivity contribution in [2.24, 2.45) is 0 Å². The molecule has 13 heteroatoms. The number of nitro benzene ring substituents is 2. The molecular weight excluding hydrogens is 564 g/mol. The van der Waals surface area contributed by atoms with Gasteiger partial charge in [0.2, 0.25) is 0 Å². The molecule has 0 amide bonds. The Morgan fingerprint density at radius 2 is 1.19 bits per heavy atom. The maximum absolute atomic E-state index is 11.0. The number of carboxylic acids is 1. The average molecular weight is 603 g/mol. The highest BCUT2D eigenvalue weighted by atomic mass is 16.6. The number of Topliss-reactive ketones (excluding diaryl/α,β-unsaturated/α-hetero) is 2. The molecule has 0 spiro atoms. The van der Waals surface area contributed by atoms with E-state index < -0.39 is 21.5 Å². The molecule has 0 fully saturated rings. The van der Waals surface area contributed by atoms with Crippen LogP contribution < -0.4 is 9.47 Å². The number of aromatic carboxylic acids is 1. The van der Waals surface area contributed by atoms with Crippen molar-refractivity contribution in [3.05, 3.63) is 66.7 Å². The van der Waals surface area contributed by atoms with Gasteiger partial charge in [-0.25, -0.2) is 4.79 Å². The van der Waals surface area contributed by atoms with Crippen LogP contribution in [0.2, 0.25) is 0 Å². The number of unbranched alkanes of at least 4 members (excludes halogenated alkanes) is 4. The highest BCUT2D eigenvalue weighted by Gasteiger charge is 2.22. The first-order valence-electron chi connectivity index (χ1n) is 13.8. The van der Waals surface area contributed by atoms with Crippen LogP contribution in [0.1, 0.15) is 97.1 Å². The highest BCUT2D eigenvalue weighted by Crippen LogP contribution is 2.29. The van der Waals surface area contributed by atoms with Crippen molar-refractivity contribution in [2.45, 2.75) is 79.1 Å². The Labute approximate surface area is 249 Å². The summed E-state index contributed by atoms with van der Waals surface area (Å²) in [5.74, 6) is -0.295. The molecule has 2 rings (SSSR count). The lowest BCUT2D eigenvalue weighted by Crippen LogP contribution is -2.06. The van der Waals surface area contributed by atoms with E-state index >= 15 is 0 Å². The van der Waals surface area contributed by atoms with E-state index in [1.165, 1.54) is 18.2 Å². The Morgan fingerprint density at radius 3 is 1.58 bits per heavy atom. The van der Waals surface area contributed by atoms with Gasteiger partial charge in [0.05, 0.1) is 40.8 Å². The predicted octanol–water partition coefficient (Wildman–Crippen LogP) is 6.37. The molecule has 0 aromatic heterocycles. The Bertz CT molecular complexity index is 1320. The van der Waals surface area contributed by atoms with Crippen LogP contribution in [0.4, 0.5) is 11.4 Å². The molecule has 0 atom stereocenters. The van der Waals surface area contributed by atoms with E-state index in [1.54, 1.807) is 27.7 Å². The van der Waals surface area contributed by atoms with Gasteiger partial charge in [0.1, 0.15) is 28.6 Å². The number of rotatable bonds is 18. The van der Waals surface area contributed by atoms with Crippen molar-refractivity contribution < 1.29 is 43.6 Å². The number of nitro groups is 2. The van der Waals surface area contributed by atoms with Crippen molar-refractivity contribution in [3.63, 3.8) is 0 Å². The number of ether oxygens (including phenoxy) is 2. The van der Waals surface area contributed by atoms with Crippen LogP contribution >= 0.6 is 0 Å². The van der Waals surface area contributed by atoms with Crippen LogP contribution in [0.5, 0.6) is 11.5 Å². The third-order valence-corrected chi connectivity index (χ3v) is 6.23. The van der Waals surface area contributed by atoms with Crippen molar-refractivity contribution in [1.82, 2.24) is 0 Å². The van der Waals surface area contributed by atoms with Gasteiger partial charge in [0.15, 0.2) is 6.29 Å². The largest absolute Gasteiger partial charge is 0.493 e. The normalized spacial score (nSPS) is 10.2. The Balaban J connectivity index is 0.000000430. The Morgan fingerprint density at radius 1 is 0.744 bits per heavy atom. The highest BCUT2D eigenvalue weighted by molar-refractivity contribution is 5.93. The zero-order chi connectivity index (χ0) is 32.5. The number of ketones is 2. The molecule has 13 nitrogen and oxygen atoms in total. The minimum Gasteiger partial charge on any atom is -0.493 e. The first kappa shape index (κ1) is 36.3. The molecule has 0 aliphatic rings. The molecule has 0 unspecified atom stereocenters. The first-order valence-corrected chi connectivity index (χ1v) is 13.8. The van der Waals surface area contributed by atoms with Gasteiger partial charge < -0.3 is 24.2 Å². The fraction of sp³-hybridized carbons (Fsp3) is 0.467. The van der Waals surface area contributed by atoms with Gasteiger partial charge in [-0.2, -0.15) is 0 Å². The summed E-state index contributed by atoms with van der Waals surface area (Å²) in [6.07, 6.45) is 6.38. The third-order valence-electron chi connectivity index (χ3n) is 6.23. The number of carbonyl (C=O) groups excluding carboxylic acids is 3. The molecule has 0 saturated carbocycles. The molecule has 0 saturated heterocycles. The van der Waals surface area contributed by atoms with E-state index in [0.717, 1.165) is 44.6 Å². The second-order valence-electron chi connectivity index (χ2n) is 9.97. The van der Waals surface area contributed by atoms with Crippen LogP contribution in [-0.4, -0.2) is 52.0 Å². The van der Waals surface area contributed by atoms with E-state index in [-0.39, 0.29) is 28.4 Å². The quantitative estimate of drug-likeness (QED) is 0.0861. The number of carbonyl (C=O) groups is 4. The minimum absolute atomic E-state index is 0.0475. The molecule has 234 valence electrons. The van der Waals surface area contributed by atoms with E-state index in [0.29, 0.717) is 55.0 Å². The fourth-order valence-electron chi connectivity index (χ4n) is 3.93. The van der Waals surface area contributed by atoms with Crippen LogP contribution in [0.15, 0.2) is 24.3 Å². The molecule has 0 bridgehead atoms. The SMILES string of the molecule is CC(=O)CCCCCOc1cc([N+](=O)[O-])c(C(=O)O)cc1C.CC(=O)CCCCCOc1cc([N+](=O)[O-])c(C=O)cc1C. The molecule has 0 aliphatic carbocycles. The number of hydrogen-bond acceptors (Lipinski definition) is 10. The summed E-state index contributed by atoms with van der Waals surface area (Å²) in [6.45, 7) is 7.28. The number of carboxylic acid groups (broad SMARTS) is 1. The molecule has 1 N–H and O–H groups in total. The Hall–Kier alpha value is -4.68. The molecule has 2 aromatic rings. The van der Waals surface area contributed by atoms with Crippen LogP contribution in [-0.2, 0) is 9.59 Å². The van der Waals surface area contributed by atoms with Gasteiger partial charge in [-0.05, 0) is 89.5 Å². The average Bonchev–Trinajstić information content (AvgIpc) is 2.93. The second-order valence-corrected chi connectivity index (χ2v) is 9.97. The summed E-state index contributed by atoms with van der Waals surface area (Å²) in [5, 5.41) is 30.8. The second kappa shape index (κ2) is 18.7. The van der Waals surface area contributed by atoms with Crippen LogP contribution in [0.3, 0.4) is 0 Å². The van der Waals surface area contributed by atoms with E-state index in [2.05, 4.69) is 0 Å². The summed E-state index contributed by atoms with van der Waals surface area (Å²) in [7, 11) is 0. The lowest BCUT2D eigenvalue weighted by molar-refractivity contribution is -0.385. The minimum atomic E-state index is -1.34. The molecule has 43 heavy (non-hydrogen) atoms. The number of aldehydes is 1. The summed E-state index contributed by atoms with van der Waals surface area (Å²) < 4.78 is 11.0. The fourth-order valence-corrected chi connectivity index (χ4v) is 3.93. The van der Waals surface area contributed by atoms with Crippen LogP contribution in [0, 0.1) is 34.1 Å². The Kier molecular flexibility index (Phi) is 15.8. The lowest BCUT2D eigenvalue weighted by Gasteiger charge is -2.10. The van der Waals surface area contributed by atoms with Gasteiger partial charge >= 0.3 is 5.97 Å². The van der Waals surface area contributed by atoms with Crippen molar-refractivity contribution in [1.29, 1.82) is 0 Å². The summed E-state index contributed by atoms with van der Waals surface area (Å²) in [5.41, 5.74) is 0.188. The molecule has 0 heterocycles. The maximum Gasteiger partial charge on any atom is 0.342 e. The summed E-state index contributed by atoms with van der Waals surface area (Å²) >= 11 is 0. The first-order chi connectivity index (χ1) is 20.3. The van der Waals surface area contributed by atoms with Gasteiger partial charge in [-0.1, -0.05) is 0 Å². The molecular formula is C30H38N2O11. The molecule has 0 radical (unpaired) electrons. The topological polar surface area (TPSA) is 193 Å². The standard InChI is InChI=1S/C15H19NO6.C15H19NO5/c1-10-8-12(15(18)19)13(16(20)21)9-14(10)22-7-5-3-4-6-11(2)17;1-11-8-13(10-17)14(16(19)20)9-15(11)21-7-5-3-4-6-12(2)18/h8-9H,3-7H2,1-2H3,(H,18,19);8-10H,3-7H2,1-2H3. The van der Waals surface area contributed by atoms with Gasteiger partial charge in [0.25, 0.3) is 11.4 Å². The third kappa shape index (κ3) is 13.2. The van der Waals surface area contributed by atoms with E-state index in [1.807, 2.05) is 0 Å². The van der Waals surface area contributed by atoms with Gasteiger partial charge in [0, 0.05) is 12.8 Å². The van der Waals surface area contributed by atoms with Crippen molar-refractivity contribution in [2.75, 3.05) is 13.2 Å². The summed E-state index contributed by atoms with van der Waals surface area (Å²) in [4.78, 5) is 63.9. The molecule has 2 aromatic carbocycles. The zero-order valence-electron chi connectivity index (χ0n) is 24.9. The van der Waals surface area contributed by atoms with E-state index in [9.17, 15) is 39.4 Å². The summed E-state index contributed by atoms with van der Waals surface area (Å²) in [6, 6.07) is 5.13. The van der Waals surface area contributed by atoms with Crippen LogP contribution in [0.25, 0.3) is 0 Å². The maximum atomic E-state index is 11.0. The number of aryl methyl sites for hydroxylation is 2. The number of nitrogens with zero attached hydrogens (tertiary/aromatic N) is 2. The van der Waals surface area contributed by atoms with Gasteiger partial charge in [-0.3, -0.25) is 25.0 Å². The smallest absolute Gasteiger partial charge is 0.342 e. The van der Waals surface area contributed by atoms with Gasteiger partial charge in [-0.15, -0.1) is 0 Å². The molecule has 0 aliphatic heterocycles. The van der Waals surface area contributed by atoms with Crippen molar-refractivity contribution in [3.8, 4) is 11.5 Å². The number of hydrogen-bond donors (Lipinski definition) is 1. The number of benzene rings is 2. The lowest BCUT2D eigenvalue weighted by atomic mass is 10.1. The zero-order valence-corrected chi connectivity index (χ0v) is 24.9. The van der Waals surface area contributed by atoms with E-state index in [4.69, 9.17) is 14.6 Å². The monoisotopic (exact) mass is 602 g/mol.